The minimum Gasteiger partial charge on any atom is -0.486 e. The van der Waals surface area contributed by atoms with Crippen molar-refractivity contribution >= 4 is 0 Å². The van der Waals surface area contributed by atoms with Crippen LogP contribution in [0.5, 0.6) is 11.5 Å². The molecule has 2 atom stereocenters. The lowest BCUT2D eigenvalue weighted by molar-refractivity contribution is -0.105. The van der Waals surface area contributed by atoms with E-state index in [-0.39, 0.29) is 19.0 Å². The maximum atomic E-state index is 9.18. The van der Waals surface area contributed by atoms with Crippen LogP contribution in [0.1, 0.15) is 49.3 Å². The Morgan fingerprint density at radius 2 is 1.81 bits per heavy atom. The van der Waals surface area contributed by atoms with Gasteiger partial charge in [-0.15, -0.1) is 0 Å². The van der Waals surface area contributed by atoms with Crippen molar-refractivity contribution in [2.24, 2.45) is 0 Å². The van der Waals surface area contributed by atoms with Crippen LogP contribution in [0, 0.1) is 11.3 Å². The van der Waals surface area contributed by atoms with Gasteiger partial charge >= 0.3 is 0 Å². The predicted molar refractivity (Wildman–Crippen MR) is 102 cm³/mol. The molecule has 2 aromatic rings. The monoisotopic (exact) mass is 367 g/mol. The summed E-state index contributed by atoms with van der Waals surface area (Å²) in [7, 11) is 0. The van der Waals surface area contributed by atoms with Gasteiger partial charge in [0.15, 0.2) is 6.29 Å². The first-order valence-corrected chi connectivity index (χ1v) is 9.44. The number of benzene rings is 2. The van der Waals surface area contributed by atoms with Crippen LogP contribution < -0.4 is 9.47 Å². The molecule has 1 saturated heterocycles. The molecular weight excluding hydrogens is 342 g/mol. The second kappa shape index (κ2) is 9.96. The van der Waals surface area contributed by atoms with Crippen LogP contribution in [-0.4, -0.2) is 24.6 Å². The molecule has 0 saturated carbocycles. The van der Waals surface area contributed by atoms with Gasteiger partial charge in [0, 0.05) is 13.0 Å². The quantitative estimate of drug-likeness (QED) is 0.751. The Kier molecular flexibility index (Phi) is 7.09. The van der Waals surface area contributed by atoms with E-state index in [0.29, 0.717) is 18.4 Å². The van der Waals surface area contributed by atoms with Crippen LogP contribution in [0.3, 0.4) is 0 Å². The van der Waals surface area contributed by atoms with E-state index in [1.807, 2.05) is 36.4 Å². The van der Waals surface area contributed by atoms with Crippen molar-refractivity contribution in [1.29, 1.82) is 5.26 Å². The topological polar surface area (TPSA) is 71.7 Å². The minimum atomic E-state index is -0.182. The van der Waals surface area contributed by atoms with E-state index in [1.54, 1.807) is 12.1 Å². The first-order valence-electron chi connectivity index (χ1n) is 9.44. The molecule has 0 unspecified atom stereocenters. The van der Waals surface area contributed by atoms with Gasteiger partial charge < -0.3 is 19.3 Å². The van der Waals surface area contributed by atoms with E-state index in [4.69, 9.17) is 19.5 Å². The predicted octanol–water partition coefficient (Wildman–Crippen LogP) is 4.36. The van der Waals surface area contributed by atoms with Crippen LogP contribution >= 0.6 is 0 Å². The third-order valence-electron chi connectivity index (χ3n) is 4.54. The van der Waals surface area contributed by atoms with Gasteiger partial charge in [0.25, 0.3) is 0 Å². The summed E-state index contributed by atoms with van der Waals surface area (Å²) in [5, 5.41) is 18.1. The largest absolute Gasteiger partial charge is 0.486 e. The Balaban J connectivity index is 1.64. The lowest BCUT2D eigenvalue weighted by atomic mass is 10.0. The van der Waals surface area contributed by atoms with Crippen molar-refractivity contribution < 1.29 is 19.3 Å². The fourth-order valence-corrected chi connectivity index (χ4v) is 3.06. The molecule has 3 rings (SSSR count). The molecule has 1 aliphatic rings. The lowest BCUT2D eigenvalue weighted by Gasteiger charge is -2.24. The third-order valence-corrected chi connectivity index (χ3v) is 4.54. The first kappa shape index (κ1) is 19.2. The van der Waals surface area contributed by atoms with E-state index in [0.717, 1.165) is 42.9 Å². The highest BCUT2D eigenvalue weighted by molar-refractivity contribution is 5.34. The average Bonchev–Trinajstić information content (AvgIpc) is 2.73. The van der Waals surface area contributed by atoms with E-state index in [9.17, 15) is 5.11 Å². The second-order valence-electron chi connectivity index (χ2n) is 6.59. The molecule has 142 valence electrons. The number of hydrogen-bond donors (Lipinski definition) is 1. The number of hydrogen-bond acceptors (Lipinski definition) is 5. The van der Waals surface area contributed by atoms with Crippen LogP contribution in [0.4, 0.5) is 0 Å². The molecule has 5 heteroatoms. The minimum absolute atomic E-state index is 0.115. The van der Waals surface area contributed by atoms with Crippen LogP contribution in [0.25, 0.3) is 0 Å². The molecule has 1 N–H and O–H groups in total. The molecule has 2 aromatic carbocycles. The smallest absolute Gasteiger partial charge is 0.199 e. The van der Waals surface area contributed by atoms with Crippen LogP contribution in [0.2, 0.25) is 0 Å². The van der Waals surface area contributed by atoms with Gasteiger partial charge in [-0.2, -0.15) is 5.26 Å². The number of aliphatic hydroxyl groups excluding tert-OH is 1. The van der Waals surface area contributed by atoms with Gasteiger partial charge in [-0.25, -0.2) is 0 Å². The summed E-state index contributed by atoms with van der Waals surface area (Å²) in [5.74, 6) is 1.50. The SMILES string of the molecule is N#Cc1ccc([C@H](CCCO)Oc2ccc(O[C@H]3CCCCO3)cc2)cc1. The van der Waals surface area contributed by atoms with Crippen molar-refractivity contribution in [2.75, 3.05) is 13.2 Å². The summed E-state index contributed by atoms with van der Waals surface area (Å²) in [6, 6.07) is 17.0. The highest BCUT2D eigenvalue weighted by Gasteiger charge is 2.16. The Morgan fingerprint density at radius 3 is 2.44 bits per heavy atom. The Hall–Kier alpha value is -2.55. The van der Waals surface area contributed by atoms with E-state index < -0.39 is 0 Å². The molecular formula is C22H25NO4. The summed E-state index contributed by atoms with van der Waals surface area (Å²) < 4.78 is 17.6. The molecule has 0 amide bonds. The Bertz CT molecular complexity index is 730. The molecule has 1 heterocycles. The number of ether oxygens (including phenoxy) is 3. The molecule has 0 bridgehead atoms. The summed E-state index contributed by atoms with van der Waals surface area (Å²) in [5.41, 5.74) is 1.60. The molecule has 0 aliphatic carbocycles. The van der Waals surface area contributed by atoms with E-state index in [2.05, 4.69) is 6.07 Å². The van der Waals surface area contributed by atoms with Crippen molar-refractivity contribution in [3.8, 4) is 17.6 Å². The third kappa shape index (κ3) is 5.72. The lowest BCUT2D eigenvalue weighted by Crippen LogP contribution is -2.24. The van der Waals surface area contributed by atoms with Gasteiger partial charge in [0.1, 0.15) is 17.6 Å². The highest BCUT2D eigenvalue weighted by Crippen LogP contribution is 2.28. The standard InChI is InChI=1S/C22H25NO4/c23-16-17-6-8-18(9-7-17)21(4-3-14-24)26-19-10-12-20(13-11-19)27-22-5-1-2-15-25-22/h6-13,21-22,24H,1-5,14-15H2/t21-,22-/m0/s1. The summed E-state index contributed by atoms with van der Waals surface area (Å²) in [6.07, 6.45) is 4.13. The van der Waals surface area contributed by atoms with Crippen LogP contribution in [0.15, 0.2) is 48.5 Å². The van der Waals surface area contributed by atoms with Gasteiger partial charge in [-0.1, -0.05) is 12.1 Å². The highest BCUT2D eigenvalue weighted by atomic mass is 16.7. The fourth-order valence-electron chi connectivity index (χ4n) is 3.06. The van der Waals surface area contributed by atoms with Gasteiger partial charge in [0.2, 0.25) is 0 Å². The van der Waals surface area contributed by atoms with E-state index >= 15 is 0 Å². The zero-order valence-corrected chi connectivity index (χ0v) is 15.3. The van der Waals surface area contributed by atoms with Crippen LogP contribution in [-0.2, 0) is 4.74 Å². The fraction of sp³-hybridized carbons (Fsp3) is 0.409. The summed E-state index contributed by atoms with van der Waals surface area (Å²) in [6.45, 7) is 0.868. The normalized spacial score (nSPS) is 17.7. The average molecular weight is 367 g/mol. The molecule has 0 aromatic heterocycles. The number of nitrogens with zero attached hydrogens (tertiary/aromatic N) is 1. The maximum absolute atomic E-state index is 9.18. The molecule has 27 heavy (non-hydrogen) atoms. The Morgan fingerprint density at radius 1 is 1.07 bits per heavy atom. The second-order valence-corrected chi connectivity index (χ2v) is 6.59. The molecule has 1 aliphatic heterocycles. The zero-order valence-electron chi connectivity index (χ0n) is 15.3. The number of rotatable bonds is 8. The van der Waals surface area contributed by atoms with Gasteiger partial charge in [-0.05, 0) is 67.6 Å². The molecule has 0 spiro atoms. The summed E-state index contributed by atoms with van der Waals surface area (Å²) in [4.78, 5) is 0. The zero-order chi connectivity index (χ0) is 18.9. The van der Waals surface area contributed by atoms with Gasteiger partial charge in [0.05, 0.1) is 18.2 Å². The maximum Gasteiger partial charge on any atom is 0.199 e. The van der Waals surface area contributed by atoms with Crippen molar-refractivity contribution in [2.45, 2.75) is 44.5 Å². The van der Waals surface area contributed by atoms with Gasteiger partial charge in [-0.3, -0.25) is 0 Å². The number of nitriles is 1. The van der Waals surface area contributed by atoms with Crippen molar-refractivity contribution in [3.05, 3.63) is 59.7 Å². The first-order chi connectivity index (χ1) is 13.3. The molecule has 1 fully saturated rings. The number of aliphatic hydroxyl groups is 1. The summed E-state index contributed by atoms with van der Waals surface area (Å²) >= 11 is 0. The molecule has 5 nitrogen and oxygen atoms in total. The van der Waals surface area contributed by atoms with Crippen molar-refractivity contribution in [3.63, 3.8) is 0 Å². The molecule has 0 radical (unpaired) electrons. The Labute approximate surface area is 160 Å². The van der Waals surface area contributed by atoms with Crippen molar-refractivity contribution in [1.82, 2.24) is 0 Å². The van der Waals surface area contributed by atoms with E-state index in [1.165, 1.54) is 0 Å².